The summed E-state index contributed by atoms with van der Waals surface area (Å²) in [5, 5.41) is 5.61. The molecule has 1 aromatic carbocycles. The van der Waals surface area contributed by atoms with Crippen molar-refractivity contribution in [1.29, 1.82) is 0 Å². The second-order valence-electron chi connectivity index (χ2n) is 7.54. The number of imide groups is 1. The van der Waals surface area contributed by atoms with E-state index in [1.54, 1.807) is 6.92 Å². The van der Waals surface area contributed by atoms with E-state index < -0.39 is 17.5 Å². The maximum Gasteiger partial charge on any atom is 0.325 e. The van der Waals surface area contributed by atoms with E-state index in [4.69, 9.17) is 0 Å². The lowest BCUT2D eigenvalue weighted by Gasteiger charge is -2.24. The molecule has 146 valence electrons. The predicted octanol–water partition coefficient (Wildman–Crippen LogP) is 1.36. The highest BCUT2D eigenvalue weighted by Gasteiger charge is 2.49. The highest BCUT2D eigenvalue weighted by molar-refractivity contribution is 6.09. The Bertz CT molecular complexity index is 733. The number of aryl methyl sites for hydroxylation is 1. The smallest absolute Gasteiger partial charge is 0.325 e. The van der Waals surface area contributed by atoms with Crippen molar-refractivity contribution >= 4 is 17.8 Å². The second-order valence-corrected chi connectivity index (χ2v) is 7.54. The van der Waals surface area contributed by atoms with Crippen LogP contribution in [0.2, 0.25) is 0 Å². The van der Waals surface area contributed by atoms with E-state index in [1.807, 2.05) is 31.2 Å². The van der Waals surface area contributed by atoms with Crippen molar-refractivity contribution < 1.29 is 14.4 Å². The Morgan fingerprint density at radius 2 is 2.00 bits per heavy atom. The molecule has 0 spiro atoms. The molecule has 7 nitrogen and oxygen atoms in total. The quantitative estimate of drug-likeness (QED) is 0.739. The zero-order valence-electron chi connectivity index (χ0n) is 16.2. The number of benzene rings is 1. The standard InChI is InChI=1S/C20H28N4O3/c1-4-23-11-5-6-16(23)12-21-17(25)13-24-18(26)20(3,22-19(24)27)15-9-7-14(2)8-10-15/h7-10,16H,4-6,11-13H2,1-3H3,(H,21,25)(H,22,27). The van der Waals surface area contributed by atoms with Crippen LogP contribution in [0.4, 0.5) is 4.79 Å². The van der Waals surface area contributed by atoms with Crippen molar-refractivity contribution in [2.75, 3.05) is 26.2 Å². The van der Waals surface area contributed by atoms with Gasteiger partial charge in [-0.25, -0.2) is 4.79 Å². The van der Waals surface area contributed by atoms with Gasteiger partial charge in [-0.2, -0.15) is 0 Å². The Labute approximate surface area is 160 Å². The average molecular weight is 372 g/mol. The predicted molar refractivity (Wildman–Crippen MR) is 102 cm³/mol. The molecule has 2 heterocycles. The summed E-state index contributed by atoms with van der Waals surface area (Å²) in [5.41, 5.74) is 0.637. The Kier molecular flexibility index (Phi) is 5.51. The molecule has 1 aromatic rings. The van der Waals surface area contributed by atoms with E-state index in [-0.39, 0.29) is 12.5 Å². The lowest BCUT2D eigenvalue weighted by molar-refractivity contribution is -0.134. The normalized spacial score (nSPS) is 25.7. The maximum atomic E-state index is 12.9. The molecule has 0 radical (unpaired) electrons. The van der Waals surface area contributed by atoms with Gasteiger partial charge in [0.25, 0.3) is 5.91 Å². The van der Waals surface area contributed by atoms with Crippen LogP contribution in [0.25, 0.3) is 0 Å². The molecule has 2 unspecified atom stereocenters. The fraction of sp³-hybridized carbons (Fsp3) is 0.550. The lowest BCUT2D eigenvalue weighted by atomic mass is 9.91. The van der Waals surface area contributed by atoms with E-state index in [1.165, 1.54) is 0 Å². The monoisotopic (exact) mass is 372 g/mol. The van der Waals surface area contributed by atoms with Crippen LogP contribution >= 0.6 is 0 Å². The second kappa shape index (κ2) is 7.68. The number of rotatable bonds is 6. The van der Waals surface area contributed by atoms with Gasteiger partial charge in [-0.05, 0) is 45.3 Å². The molecule has 0 aromatic heterocycles. The Morgan fingerprint density at radius 3 is 2.67 bits per heavy atom. The molecule has 2 N–H and O–H groups in total. The van der Waals surface area contributed by atoms with Crippen LogP contribution < -0.4 is 10.6 Å². The molecule has 2 saturated heterocycles. The third kappa shape index (κ3) is 3.83. The summed E-state index contributed by atoms with van der Waals surface area (Å²) in [6.07, 6.45) is 2.19. The maximum absolute atomic E-state index is 12.9. The number of carbonyl (C=O) groups excluding carboxylic acids is 3. The molecule has 4 amide bonds. The third-order valence-corrected chi connectivity index (χ3v) is 5.65. The molecule has 2 atom stereocenters. The number of likely N-dealkylation sites (tertiary alicyclic amines) is 1. The first-order valence-corrected chi connectivity index (χ1v) is 9.57. The van der Waals surface area contributed by atoms with Crippen LogP contribution in [0.3, 0.4) is 0 Å². The van der Waals surface area contributed by atoms with Crippen molar-refractivity contribution in [3.05, 3.63) is 35.4 Å². The van der Waals surface area contributed by atoms with Crippen molar-refractivity contribution in [3.63, 3.8) is 0 Å². The van der Waals surface area contributed by atoms with Gasteiger partial charge in [-0.1, -0.05) is 36.8 Å². The minimum atomic E-state index is -1.14. The Hall–Kier alpha value is -2.41. The van der Waals surface area contributed by atoms with Crippen LogP contribution in [0.5, 0.6) is 0 Å². The first-order valence-electron chi connectivity index (χ1n) is 9.57. The summed E-state index contributed by atoms with van der Waals surface area (Å²) < 4.78 is 0. The van der Waals surface area contributed by atoms with Gasteiger partial charge in [-0.15, -0.1) is 0 Å². The zero-order valence-corrected chi connectivity index (χ0v) is 16.2. The largest absolute Gasteiger partial charge is 0.353 e. The van der Waals surface area contributed by atoms with Crippen LogP contribution in [0.1, 0.15) is 37.8 Å². The highest BCUT2D eigenvalue weighted by atomic mass is 16.2. The van der Waals surface area contributed by atoms with Gasteiger partial charge in [-0.3, -0.25) is 19.4 Å². The first-order chi connectivity index (χ1) is 12.8. The van der Waals surface area contributed by atoms with Gasteiger partial charge in [0.2, 0.25) is 5.91 Å². The van der Waals surface area contributed by atoms with Crippen LogP contribution in [-0.4, -0.2) is 59.9 Å². The number of carbonyl (C=O) groups is 3. The van der Waals surface area contributed by atoms with Gasteiger partial charge < -0.3 is 10.6 Å². The molecule has 7 heteroatoms. The molecule has 2 aliphatic rings. The topological polar surface area (TPSA) is 81.8 Å². The Balaban J connectivity index is 1.61. The number of hydrogen-bond acceptors (Lipinski definition) is 4. The summed E-state index contributed by atoms with van der Waals surface area (Å²) in [4.78, 5) is 40.9. The van der Waals surface area contributed by atoms with Gasteiger partial charge >= 0.3 is 6.03 Å². The van der Waals surface area contributed by atoms with Gasteiger partial charge in [0.05, 0.1) is 0 Å². The lowest BCUT2D eigenvalue weighted by Crippen LogP contribution is -2.46. The molecule has 2 aliphatic heterocycles. The Morgan fingerprint density at radius 1 is 1.30 bits per heavy atom. The minimum absolute atomic E-state index is 0.259. The van der Waals surface area contributed by atoms with Gasteiger partial charge in [0.15, 0.2) is 0 Å². The van der Waals surface area contributed by atoms with E-state index in [0.29, 0.717) is 18.2 Å². The molecule has 0 aliphatic carbocycles. The molecular formula is C20H28N4O3. The molecular weight excluding hydrogens is 344 g/mol. The van der Waals surface area contributed by atoms with Crippen LogP contribution in [-0.2, 0) is 15.1 Å². The summed E-state index contributed by atoms with van der Waals surface area (Å²) in [6.45, 7) is 8.05. The number of hydrogen-bond donors (Lipinski definition) is 2. The molecule has 0 saturated carbocycles. The van der Waals surface area contributed by atoms with E-state index in [2.05, 4.69) is 22.5 Å². The fourth-order valence-electron chi connectivity index (χ4n) is 3.90. The van der Waals surface area contributed by atoms with Crippen molar-refractivity contribution in [3.8, 4) is 0 Å². The first kappa shape index (κ1) is 19.4. The zero-order chi connectivity index (χ0) is 19.6. The average Bonchev–Trinajstić information content (AvgIpc) is 3.19. The molecule has 3 rings (SSSR count). The summed E-state index contributed by atoms with van der Waals surface area (Å²) in [6, 6.07) is 7.26. The van der Waals surface area contributed by atoms with Gasteiger partial charge in [0.1, 0.15) is 12.1 Å². The van der Waals surface area contributed by atoms with E-state index in [0.717, 1.165) is 36.4 Å². The van der Waals surface area contributed by atoms with E-state index >= 15 is 0 Å². The van der Waals surface area contributed by atoms with Crippen molar-refractivity contribution in [2.24, 2.45) is 0 Å². The number of likely N-dealkylation sites (N-methyl/N-ethyl adjacent to an activating group) is 1. The van der Waals surface area contributed by atoms with Crippen LogP contribution in [0, 0.1) is 6.92 Å². The number of nitrogens with zero attached hydrogens (tertiary/aromatic N) is 2. The number of urea groups is 1. The molecule has 27 heavy (non-hydrogen) atoms. The summed E-state index contributed by atoms with van der Waals surface area (Å²) in [5.74, 6) is -0.711. The van der Waals surface area contributed by atoms with Crippen LogP contribution in [0.15, 0.2) is 24.3 Å². The minimum Gasteiger partial charge on any atom is -0.353 e. The van der Waals surface area contributed by atoms with Crippen molar-refractivity contribution in [1.82, 2.24) is 20.4 Å². The number of nitrogens with one attached hydrogen (secondary N) is 2. The van der Waals surface area contributed by atoms with Gasteiger partial charge in [0, 0.05) is 12.6 Å². The highest BCUT2D eigenvalue weighted by Crippen LogP contribution is 2.28. The number of amides is 4. The van der Waals surface area contributed by atoms with Crippen molar-refractivity contribution in [2.45, 2.75) is 45.2 Å². The SMILES string of the molecule is CCN1CCCC1CNC(=O)CN1C(=O)NC(C)(c2ccc(C)cc2)C1=O. The fourth-order valence-corrected chi connectivity index (χ4v) is 3.90. The molecule has 0 bridgehead atoms. The molecule has 2 fully saturated rings. The van der Waals surface area contributed by atoms with E-state index in [9.17, 15) is 14.4 Å². The summed E-state index contributed by atoms with van der Waals surface area (Å²) >= 11 is 0. The third-order valence-electron chi connectivity index (χ3n) is 5.65. The summed E-state index contributed by atoms with van der Waals surface area (Å²) in [7, 11) is 0.